The number of halogens is 2. The SMILES string of the molecule is COCC(C)(NC(=O)CCc1ccc(Cl)cc1Cl)C(=O)O. The number of carboxylic acid groups (broad SMARTS) is 1. The van der Waals surface area contributed by atoms with Crippen LogP contribution in [0.2, 0.25) is 10.0 Å². The highest BCUT2D eigenvalue weighted by molar-refractivity contribution is 6.35. The molecule has 0 saturated heterocycles. The van der Waals surface area contributed by atoms with Crippen LogP contribution in [-0.4, -0.2) is 36.2 Å². The second kappa shape index (κ2) is 7.64. The van der Waals surface area contributed by atoms with E-state index in [0.29, 0.717) is 16.5 Å². The van der Waals surface area contributed by atoms with Gasteiger partial charge in [0.15, 0.2) is 5.54 Å². The van der Waals surface area contributed by atoms with E-state index in [1.165, 1.54) is 14.0 Å². The average molecular weight is 334 g/mol. The maximum atomic E-state index is 11.9. The van der Waals surface area contributed by atoms with Crippen LogP contribution < -0.4 is 5.32 Å². The van der Waals surface area contributed by atoms with Crippen molar-refractivity contribution in [2.24, 2.45) is 0 Å². The summed E-state index contributed by atoms with van der Waals surface area (Å²) in [5.74, 6) is -1.54. The summed E-state index contributed by atoms with van der Waals surface area (Å²) in [4.78, 5) is 23.1. The molecule has 0 saturated carbocycles. The van der Waals surface area contributed by atoms with Gasteiger partial charge in [-0.2, -0.15) is 0 Å². The molecule has 0 aromatic heterocycles. The number of carbonyl (C=O) groups excluding carboxylic acids is 1. The van der Waals surface area contributed by atoms with Crippen LogP contribution in [0.25, 0.3) is 0 Å². The van der Waals surface area contributed by atoms with Crippen molar-refractivity contribution in [1.82, 2.24) is 5.32 Å². The number of carboxylic acids is 1. The molecule has 0 fully saturated rings. The fraction of sp³-hybridized carbons (Fsp3) is 0.429. The van der Waals surface area contributed by atoms with E-state index in [0.717, 1.165) is 5.56 Å². The van der Waals surface area contributed by atoms with Gasteiger partial charge in [0.05, 0.1) is 6.61 Å². The molecular formula is C14H17Cl2NO4. The minimum atomic E-state index is -1.45. The minimum Gasteiger partial charge on any atom is -0.479 e. The highest BCUT2D eigenvalue weighted by atomic mass is 35.5. The van der Waals surface area contributed by atoms with Gasteiger partial charge in [-0.05, 0) is 31.0 Å². The first-order valence-corrected chi connectivity index (χ1v) is 7.01. The van der Waals surface area contributed by atoms with E-state index in [4.69, 9.17) is 33.0 Å². The quantitative estimate of drug-likeness (QED) is 0.803. The van der Waals surface area contributed by atoms with Gasteiger partial charge in [-0.25, -0.2) is 4.79 Å². The molecule has 0 aliphatic heterocycles. The molecule has 1 rings (SSSR count). The first-order valence-electron chi connectivity index (χ1n) is 6.26. The molecule has 2 N–H and O–H groups in total. The summed E-state index contributed by atoms with van der Waals surface area (Å²) < 4.78 is 4.83. The van der Waals surface area contributed by atoms with E-state index in [1.54, 1.807) is 18.2 Å². The van der Waals surface area contributed by atoms with Gasteiger partial charge in [-0.3, -0.25) is 4.79 Å². The second-order valence-corrected chi connectivity index (χ2v) is 5.70. The number of hydrogen-bond acceptors (Lipinski definition) is 3. The highest BCUT2D eigenvalue weighted by Crippen LogP contribution is 2.22. The molecule has 1 unspecified atom stereocenters. The Kier molecular flexibility index (Phi) is 6.45. The first kappa shape index (κ1) is 17.8. The van der Waals surface area contributed by atoms with Crippen molar-refractivity contribution in [1.29, 1.82) is 0 Å². The molecule has 1 aromatic rings. The zero-order valence-corrected chi connectivity index (χ0v) is 13.3. The number of methoxy groups -OCH3 is 1. The lowest BCUT2D eigenvalue weighted by atomic mass is 10.0. The van der Waals surface area contributed by atoms with Gasteiger partial charge >= 0.3 is 5.97 Å². The van der Waals surface area contributed by atoms with E-state index < -0.39 is 11.5 Å². The van der Waals surface area contributed by atoms with Crippen molar-refractivity contribution >= 4 is 35.1 Å². The summed E-state index contributed by atoms with van der Waals surface area (Å²) in [7, 11) is 1.38. The molecule has 7 heteroatoms. The van der Waals surface area contributed by atoms with Crippen LogP contribution in [0.4, 0.5) is 0 Å². The minimum absolute atomic E-state index is 0.115. The van der Waals surface area contributed by atoms with E-state index in [9.17, 15) is 9.59 Å². The number of amides is 1. The molecule has 5 nitrogen and oxygen atoms in total. The maximum Gasteiger partial charge on any atom is 0.331 e. The summed E-state index contributed by atoms with van der Waals surface area (Å²) >= 11 is 11.8. The third kappa shape index (κ3) is 5.19. The molecular weight excluding hydrogens is 317 g/mol. The van der Waals surface area contributed by atoms with Crippen molar-refractivity contribution < 1.29 is 19.4 Å². The van der Waals surface area contributed by atoms with E-state index >= 15 is 0 Å². The number of nitrogens with one attached hydrogen (secondary N) is 1. The van der Waals surface area contributed by atoms with Gasteiger partial charge in [0.2, 0.25) is 5.91 Å². The smallest absolute Gasteiger partial charge is 0.331 e. The largest absolute Gasteiger partial charge is 0.479 e. The Morgan fingerprint density at radius 1 is 1.38 bits per heavy atom. The Labute approximate surface area is 133 Å². The first-order chi connectivity index (χ1) is 9.78. The van der Waals surface area contributed by atoms with Crippen LogP contribution in [0.3, 0.4) is 0 Å². The van der Waals surface area contributed by atoms with Gasteiger partial charge < -0.3 is 15.2 Å². The molecule has 0 bridgehead atoms. The number of hydrogen-bond donors (Lipinski definition) is 2. The third-order valence-electron chi connectivity index (χ3n) is 2.96. The van der Waals surface area contributed by atoms with Crippen LogP contribution in [-0.2, 0) is 20.7 Å². The molecule has 0 spiro atoms. The number of rotatable bonds is 7. The summed E-state index contributed by atoms with van der Waals surface area (Å²) in [6.07, 6.45) is 0.512. The maximum absolute atomic E-state index is 11.9. The van der Waals surface area contributed by atoms with Gasteiger partial charge in [-0.1, -0.05) is 29.3 Å². The number of aliphatic carboxylic acids is 1. The average Bonchev–Trinajstić information content (AvgIpc) is 2.37. The van der Waals surface area contributed by atoms with Crippen molar-refractivity contribution in [2.75, 3.05) is 13.7 Å². The van der Waals surface area contributed by atoms with Crippen molar-refractivity contribution in [3.8, 4) is 0 Å². The molecule has 0 heterocycles. The van der Waals surface area contributed by atoms with Crippen molar-refractivity contribution in [3.05, 3.63) is 33.8 Å². The van der Waals surface area contributed by atoms with Gasteiger partial charge in [0.1, 0.15) is 0 Å². The standard InChI is InChI=1S/C14H17Cl2NO4/c1-14(8-21-2,13(19)20)17-12(18)6-4-9-3-5-10(15)7-11(9)16/h3,5,7H,4,6,8H2,1-2H3,(H,17,18)(H,19,20). The molecule has 21 heavy (non-hydrogen) atoms. The number of carbonyl (C=O) groups is 2. The van der Waals surface area contributed by atoms with Crippen LogP contribution in [0.15, 0.2) is 18.2 Å². The van der Waals surface area contributed by atoms with E-state index in [2.05, 4.69) is 5.32 Å². The van der Waals surface area contributed by atoms with Crippen molar-refractivity contribution in [2.45, 2.75) is 25.3 Å². The van der Waals surface area contributed by atoms with Crippen LogP contribution in [0, 0.1) is 0 Å². The zero-order valence-electron chi connectivity index (χ0n) is 11.8. The van der Waals surface area contributed by atoms with Crippen molar-refractivity contribution in [3.63, 3.8) is 0 Å². The van der Waals surface area contributed by atoms with Crippen LogP contribution >= 0.6 is 23.2 Å². The lowest BCUT2D eigenvalue weighted by Gasteiger charge is -2.25. The summed E-state index contributed by atoms with van der Waals surface area (Å²) in [6, 6.07) is 5.03. The topological polar surface area (TPSA) is 75.6 Å². The second-order valence-electron chi connectivity index (χ2n) is 4.85. The van der Waals surface area contributed by atoms with Gasteiger partial charge in [0, 0.05) is 23.6 Å². The Bertz CT molecular complexity index is 536. The fourth-order valence-corrected chi connectivity index (χ4v) is 2.29. The summed E-state index contributed by atoms with van der Waals surface area (Å²) in [6.45, 7) is 1.28. The summed E-state index contributed by atoms with van der Waals surface area (Å²) in [5, 5.41) is 12.6. The molecule has 0 radical (unpaired) electrons. The fourth-order valence-electron chi connectivity index (χ4n) is 1.78. The lowest BCUT2D eigenvalue weighted by molar-refractivity contribution is -0.149. The van der Waals surface area contributed by atoms with Crippen LogP contribution in [0.5, 0.6) is 0 Å². The monoisotopic (exact) mass is 333 g/mol. The highest BCUT2D eigenvalue weighted by Gasteiger charge is 2.34. The Hall–Kier alpha value is -1.30. The predicted octanol–water partition coefficient (Wildman–Crippen LogP) is 2.53. The predicted molar refractivity (Wildman–Crippen MR) is 80.8 cm³/mol. The normalized spacial score (nSPS) is 13.5. The van der Waals surface area contributed by atoms with Gasteiger partial charge in [-0.15, -0.1) is 0 Å². The Balaban J connectivity index is 2.63. The Morgan fingerprint density at radius 3 is 2.57 bits per heavy atom. The van der Waals surface area contributed by atoms with Gasteiger partial charge in [0.25, 0.3) is 0 Å². The van der Waals surface area contributed by atoms with Crippen LogP contribution in [0.1, 0.15) is 18.9 Å². The van der Waals surface area contributed by atoms with E-state index in [-0.39, 0.29) is 18.9 Å². The third-order valence-corrected chi connectivity index (χ3v) is 3.54. The number of ether oxygens (including phenoxy) is 1. The molecule has 0 aliphatic carbocycles. The Morgan fingerprint density at radius 2 is 2.05 bits per heavy atom. The molecule has 116 valence electrons. The number of benzene rings is 1. The molecule has 1 aromatic carbocycles. The summed E-state index contributed by atoms with van der Waals surface area (Å²) in [5.41, 5.74) is -0.671. The zero-order chi connectivity index (χ0) is 16.0. The molecule has 1 atom stereocenters. The van der Waals surface area contributed by atoms with E-state index in [1.807, 2.05) is 0 Å². The molecule has 0 aliphatic rings. The lowest BCUT2D eigenvalue weighted by Crippen LogP contribution is -2.55. The molecule has 1 amide bonds. The number of aryl methyl sites for hydroxylation is 1.